The maximum atomic E-state index is 12.1. The van der Waals surface area contributed by atoms with Crippen LogP contribution in [0.3, 0.4) is 0 Å². The minimum atomic E-state index is -0.275. The minimum Gasteiger partial charge on any atom is -0.369 e. The molecule has 0 atom stereocenters. The summed E-state index contributed by atoms with van der Waals surface area (Å²) in [7, 11) is 3.51. The Bertz CT molecular complexity index is 711. The first-order valence-electron chi connectivity index (χ1n) is 10.2. The van der Waals surface area contributed by atoms with Crippen molar-refractivity contribution in [2.24, 2.45) is 10.7 Å². The van der Waals surface area contributed by atoms with Crippen molar-refractivity contribution in [2.75, 3.05) is 46.8 Å². The molecule has 1 fully saturated rings. The molecule has 160 valence electrons. The second-order valence-electron chi connectivity index (χ2n) is 7.57. The maximum absolute atomic E-state index is 12.1. The van der Waals surface area contributed by atoms with Crippen LogP contribution >= 0.6 is 0 Å². The zero-order valence-electron chi connectivity index (χ0n) is 17.8. The second-order valence-corrected chi connectivity index (χ2v) is 7.57. The Kier molecular flexibility index (Phi) is 8.92. The highest BCUT2D eigenvalue weighted by Gasteiger charge is 2.20. The Morgan fingerprint density at radius 1 is 1.28 bits per heavy atom. The van der Waals surface area contributed by atoms with Gasteiger partial charge in [0.1, 0.15) is 0 Å². The molecule has 2 amide bonds. The van der Waals surface area contributed by atoms with Crippen molar-refractivity contribution in [1.29, 1.82) is 0 Å². The van der Waals surface area contributed by atoms with E-state index in [-0.39, 0.29) is 11.8 Å². The van der Waals surface area contributed by atoms with Crippen molar-refractivity contribution in [2.45, 2.75) is 32.2 Å². The predicted molar refractivity (Wildman–Crippen MR) is 116 cm³/mol. The van der Waals surface area contributed by atoms with E-state index < -0.39 is 0 Å². The highest BCUT2D eigenvalue weighted by Crippen LogP contribution is 2.10. The third kappa shape index (κ3) is 7.73. The SMILES string of the molecule is CCNC(=NCCc1cccc(C(=O)N(C)C)c1)NC1CCN(CC(N)=O)CC1. The van der Waals surface area contributed by atoms with Gasteiger partial charge in [-0.25, -0.2) is 0 Å². The summed E-state index contributed by atoms with van der Waals surface area (Å²) in [6.07, 6.45) is 2.67. The number of rotatable bonds is 8. The molecule has 4 N–H and O–H groups in total. The molecule has 0 aliphatic carbocycles. The molecule has 1 aromatic carbocycles. The third-order valence-electron chi connectivity index (χ3n) is 4.90. The van der Waals surface area contributed by atoms with Crippen LogP contribution in [0.15, 0.2) is 29.3 Å². The molecular weight excluding hydrogens is 368 g/mol. The predicted octanol–water partition coefficient (Wildman–Crippen LogP) is 0.436. The first kappa shape index (κ1) is 22.7. The quantitative estimate of drug-likeness (QED) is 0.432. The van der Waals surface area contributed by atoms with E-state index in [1.54, 1.807) is 19.0 Å². The van der Waals surface area contributed by atoms with Gasteiger partial charge >= 0.3 is 0 Å². The van der Waals surface area contributed by atoms with Gasteiger partial charge in [0.25, 0.3) is 5.91 Å². The van der Waals surface area contributed by atoms with Crippen LogP contribution in [-0.4, -0.2) is 80.4 Å². The van der Waals surface area contributed by atoms with Crippen LogP contribution in [0.4, 0.5) is 0 Å². The molecule has 1 saturated heterocycles. The van der Waals surface area contributed by atoms with Gasteiger partial charge in [0.05, 0.1) is 6.54 Å². The smallest absolute Gasteiger partial charge is 0.253 e. The fraction of sp³-hybridized carbons (Fsp3) is 0.571. The first-order valence-corrected chi connectivity index (χ1v) is 10.2. The number of primary amides is 1. The molecule has 0 spiro atoms. The van der Waals surface area contributed by atoms with Gasteiger partial charge in [-0.1, -0.05) is 12.1 Å². The van der Waals surface area contributed by atoms with Crippen molar-refractivity contribution < 1.29 is 9.59 Å². The van der Waals surface area contributed by atoms with Crippen LogP contribution in [0.2, 0.25) is 0 Å². The first-order chi connectivity index (χ1) is 13.9. The molecular formula is C21H34N6O2. The molecule has 2 rings (SSSR count). The van der Waals surface area contributed by atoms with E-state index in [9.17, 15) is 9.59 Å². The number of amides is 2. The lowest BCUT2D eigenvalue weighted by molar-refractivity contribution is -0.119. The zero-order chi connectivity index (χ0) is 21.2. The molecule has 29 heavy (non-hydrogen) atoms. The number of nitrogens with zero attached hydrogens (tertiary/aromatic N) is 3. The number of nitrogens with two attached hydrogens (primary N) is 1. The van der Waals surface area contributed by atoms with Gasteiger partial charge in [0.15, 0.2) is 5.96 Å². The van der Waals surface area contributed by atoms with Crippen LogP contribution in [0.5, 0.6) is 0 Å². The van der Waals surface area contributed by atoms with E-state index in [1.807, 2.05) is 31.2 Å². The Hall–Kier alpha value is -2.61. The Morgan fingerprint density at radius 2 is 2.00 bits per heavy atom. The standard InChI is InChI=1S/C21H34N6O2/c1-4-23-21(25-18-9-12-27(13-10-18)15-19(22)28)24-11-8-16-6-5-7-17(14-16)20(29)26(2)3/h5-7,14,18H,4,8-13,15H2,1-3H3,(H2,22,28)(H2,23,24,25). The summed E-state index contributed by atoms with van der Waals surface area (Å²) in [5.41, 5.74) is 7.07. The molecule has 0 aromatic heterocycles. The van der Waals surface area contributed by atoms with Crippen LogP contribution in [0.1, 0.15) is 35.7 Å². The summed E-state index contributed by atoms with van der Waals surface area (Å²) in [5, 5.41) is 6.79. The number of hydrogen-bond acceptors (Lipinski definition) is 4. The van der Waals surface area contributed by atoms with Crippen molar-refractivity contribution in [1.82, 2.24) is 20.4 Å². The highest BCUT2D eigenvalue weighted by molar-refractivity contribution is 5.94. The second kappa shape index (κ2) is 11.4. The summed E-state index contributed by atoms with van der Waals surface area (Å²) in [6.45, 7) is 5.51. The fourth-order valence-corrected chi connectivity index (χ4v) is 3.38. The third-order valence-corrected chi connectivity index (χ3v) is 4.90. The molecule has 0 bridgehead atoms. The molecule has 0 saturated carbocycles. The van der Waals surface area contributed by atoms with Gasteiger partial charge in [-0.2, -0.15) is 0 Å². The lowest BCUT2D eigenvalue weighted by Gasteiger charge is -2.32. The highest BCUT2D eigenvalue weighted by atomic mass is 16.2. The van der Waals surface area contributed by atoms with E-state index >= 15 is 0 Å². The van der Waals surface area contributed by atoms with Crippen LogP contribution in [0.25, 0.3) is 0 Å². The lowest BCUT2D eigenvalue weighted by Crippen LogP contribution is -2.49. The van der Waals surface area contributed by atoms with Crippen molar-refractivity contribution >= 4 is 17.8 Å². The number of nitrogens with one attached hydrogen (secondary N) is 2. The van der Waals surface area contributed by atoms with Crippen molar-refractivity contribution in [3.8, 4) is 0 Å². The van der Waals surface area contributed by atoms with Crippen molar-refractivity contribution in [3.63, 3.8) is 0 Å². The number of hydrogen-bond donors (Lipinski definition) is 3. The Morgan fingerprint density at radius 3 is 2.62 bits per heavy atom. The van der Waals surface area contributed by atoms with E-state index in [4.69, 9.17) is 10.7 Å². The number of guanidine groups is 1. The molecule has 1 heterocycles. The summed E-state index contributed by atoms with van der Waals surface area (Å²) in [4.78, 5) is 31.5. The molecule has 1 aliphatic heterocycles. The average Bonchev–Trinajstić information content (AvgIpc) is 2.69. The molecule has 0 radical (unpaired) electrons. The number of benzene rings is 1. The molecule has 0 unspecified atom stereocenters. The number of aliphatic imine (C=N–C) groups is 1. The normalized spacial score (nSPS) is 15.8. The van der Waals surface area contributed by atoms with Crippen LogP contribution in [0, 0.1) is 0 Å². The van der Waals surface area contributed by atoms with Gasteiger partial charge in [0.2, 0.25) is 5.91 Å². The van der Waals surface area contributed by atoms with E-state index in [1.165, 1.54) is 0 Å². The van der Waals surface area contributed by atoms with Gasteiger partial charge in [0, 0.05) is 51.9 Å². The van der Waals surface area contributed by atoms with Gasteiger partial charge in [-0.05, 0) is 43.9 Å². The topological polar surface area (TPSA) is 103 Å². The number of piperidine rings is 1. The zero-order valence-corrected chi connectivity index (χ0v) is 17.8. The molecule has 1 aromatic rings. The van der Waals surface area contributed by atoms with Crippen LogP contribution in [-0.2, 0) is 11.2 Å². The average molecular weight is 403 g/mol. The van der Waals surface area contributed by atoms with Crippen molar-refractivity contribution in [3.05, 3.63) is 35.4 Å². The van der Waals surface area contributed by atoms with Gasteiger partial charge in [-0.15, -0.1) is 0 Å². The maximum Gasteiger partial charge on any atom is 0.253 e. The summed E-state index contributed by atoms with van der Waals surface area (Å²) in [5.74, 6) is 0.539. The summed E-state index contributed by atoms with van der Waals surface area (Å²) in [6, 6.07) is 8.05. The molecule has 1 aliphatic rings. The Labute approximate surface area is 173 Å². The summed E-state index contributed by atoms with van der Waals surface area (Å²) < 4.78 is 0. The monoisotopic (exact) mass is 402 g/mol. The van der Waals surface area contributed by atoms with Gasteiger partial charge in [-0.3, -0.25) is 19.5 Å². The lowest BCUT2D eigenvalue weighted by atomic mass is 10.1. The van der Waals surface area contributed by atoms with E-state index in [2.05, 4.69) is 15.5 Å². The largest absolute Gasteiger partial charge is 0.369 e. The molecule has 8 heteroatoms. The van der Waals surface area contributed by atoms with E-state index in [0.29, 0.717) is 24.7 Å². The fourth-order valence-electron chi connectivity index (χ4n) is 3.38. The van der Waals surface area contributed by atoms with E-state index in [0.717, 1.165) is 50.4 Å². The Balaban J connectivity index is 1.87. The number of carbonyl (C=O) groups is 2. The minimum absolute atomic E-state index is 0.00744. The number of carbonyl (C=O) groups excluding carboxylic acids is 2. The van der Waals surface area contributed by atoms with Gasteiger partial charge < -0.3 is 21.3 Å². The van der Waals surface area contributed by atoms with Crippen LogP contribution < -0.4 is 16.4 Å². The number of likely N-dealkylation sites (tertiary alicyclic amines) is 1. The molecule has 8 nitrogen and oxygen atoms in total. The summed E-state index contributed by atoms with van der Waals surface area (Å²) >= 11 is 0.